The van der Waals surface area contributed by atoms with Crippen molar-refractivity contribution in [1.29, 1.82) is 0 Å². The average molecular weight is 547 g/mol. The third-order valence-corrected chi connectivity index (χ3v) is 6.86. The van der Waals surface area contributed by atoms with Crippen LogP contribution in [0.5, 0.6) is 0 Å². The normalized spacial score (nSPS) is 17.1. The molecule has 9 heteroatoms. The summed E-state index contributed by atoms with van der Waals surface area (Å²) in [7, 11) is -1.92. The molecule has 3 rings (SSSR count). The number of nitrogens with zero attached hydrogens (tertiary/aromatic N) is 2. The summed E-state index contributed by atoms with van der Waals surface area (Å²) in [5.74, 6) is 2.55. The Bertz CT molecular complexity index is 923. The molecule has 2 aromatic rings. The standard InChI is InChI=1S/C20H26N4O2S2.HI/c1-22-20(23-13-16-6-5-9-19(12-16)28(21,25)26)24-11-10-17(14-24)15-27-18-7-3-2-4-8-18;/h2-9,12,17H,10-11,13-15H2,1H3,(H,22,23)(H2,21,25,26);1H. The Labute approximate surface area is 194 Å². The quantitative estimate of drug-likeness (QED) is 0.252. The molecule has 0 aromatic heterocycles. The molecule has 3 N–H and O–H groups in total. The van der Waals surface area contributed by atoms with Gasteiger partial charge in [0.15, 0.2) is 5.96 Å². The number of nitrogens with two attached hydrogens (primary N) is 1. The van der Waals surface area contributed by atoms with Crippen LogP contribution < -0.4 is 10.5 Å². The molecule has 6 nitrogen and oxygen atoms in total. The molecule has 1 aliphatic heterocycles. The number of aliphatic imine (C=N–C) groups is 1. The number of rotatable bonds is 6. The lowest BCUT2D eigenvalue weighted by molar-refractivity contribution is 0.474. The smallest absolute Gasteiger partial charge is 0.238 e. The van der Waals surface area contributed by atoms with E-state index in [1.807, 2.05) is 23.9 Å². The molecule has 1 fully saturated rings. The summed E-state index contributed by atoms with van der Waals surface area (Å²) >= 11 is 1.90. The van der Waals surface area contributed by atoms with E-state index in [1.54, 1.807) is 19.2 Å². The third kappa shape index (κ3) is 7.16. The van der Waals surface area contributed by atoms with Crippen molar-refractivity contribution in [3.63, 3.8) is 0 Å². The zero-order valence-electron chi connectivity index (χ0n) is 16.3. The summed E-state index contributed by atoms with van der Waals surface area (Å²) in [4.78, 5) is 8.08. The van der Waals surface area contributed by atoms with E-state index >= 15 is 0 Å². The molecule has 0 saturated carbocycles. The average Bonchev–Trinajstić information content (AvgIpc) is 3.16. The first-order valence-electron chi connectivity index (χ1n) is 9.21. The van der Waals surface area contributed by atoms with E-state index in [1.165, 1.54) is 11.0 Å². The minimum Gasteiger partial charge on any atom is -0.352 e. The highest BCUT2D eigenvalue weighted by atomic mass is 127. The molecule has 0 spiro atoms. The van der Waals surface area contributed by atoms with Crippen LogP contribution >= 0.6 is 35.7 Å². The second-order valence-electron chi connectivity index (χ2n) is 6.82. The number of sulfonamides is 1. The van der Waals surface area contributed by atoms with Crippen LogP contribution in [0.3, 0.4) is 0 Å². The van der Waals surface area contributed by atoms with E-state index < -0.39 is 10.0 Å². The molecular weight excluding hydrogens is 519 g/mol. The Kier molecular flexibility index (Phi) is 9.25. The van der Waals surface area contributed by atoms with Crippen LogP contribution in [0.25, 0.3) is 0 Å². The number of halogens is 1. The molecule has 29 heavy (non-hydrogen) atoms. The summed E-state index contributed by atoms with van der Waals surface area (Å²) in [5, 5.41) is 8.55. The Morgan fingerprint density at radius 1 is 1.24 bits per heavy atom. The van der Waals surface area contributed by atoms with Crippen LogP contribution in [-0.2, 0) is 16.6 Å². The van der Waals surface area contributed by atoms with Gasteiger partial charge in [-0.1, -0.05) is 30.3 Å². The van der Waals surface area contributed by atoms with E-state index in [4.69, 9.17) is 5.14 Å². The van der Waals surface area contributed by atoms with Crippen molar-refractivity contribution < 1.29 is 8.42 Å². The van der Waals surface area contributed by atoms with Gasteiger partial charge in [0.2, 0.25) is 10.0 Å². The number of benzene rings is 2. The third-order valence-electron chi connectivity index (χ3n) is 4.70. The number of likely N-dealkylation sites (tertiary alicyclic amines) is 1. The predicted molar refractivity (Wildman–Crippen MR) is 130 cm³/mol. The maximum Gasteiger partial charge on any atom is 0.238 e. The second-order valence-corrected chi connectivity index (χ2v) is 9.47. The number of nitrogens with one attached hydrogen (secondary N) is 1. The molecule has 1 heterocycles. The van der Waals surface area contributed by atoms with Crippen LogP contribution in [-0.4, -0.2) is 45.2 Å². The van der Waals surface area contributed by atoms with Gasteiger partial charge in [0.1, 0.15) is 0 Å². The predicted octanol–water partition coefficient (Wildman–Crippen LogP) is 3.14. The van der Waals surface area contributed by atoms with Crippen molar-refractivity contribution in [3.8, 4) is 0 Å². The van der Waals surface area contributed by atoms with Crippen LogP contribution in [0, 0.1) is 5.92 Å². The van der Waals surface area contributed by atoms with E-state index in [-0.39, 0.29) is 28.9 Å². The lowest BCUT2D eigenvalue weighted by Crippen LogP contribution is -2.39. The molecule has 0 aliphatic carbocycles. The Morgan fingerprint density at radius 2 is 2.00 bits per heavy atom. The second kappa shape index (κ2) is 11.2. The lowest BCUT2D eigenvalue weighted by Gasteiger charge is -2.22. The number of thioether (sulfide) groups is 1. The molecular formula is C20H27IN4O2S2. The molecule has 0 radical (unpaired) electrons. The first kappa shape index (κ1) is 24.0. The fourth-order valence-corrected chi connectivity index (χ4v) is 4.87. The van der Waals surface area contributed by atoms with Crippen LogP contribution in [0.2, 0.25) is 0 Å². The van der Waals surface area contributed by atoms with Crippen molar-refractivity contribution >= 4 is 51.7 Å². The lowest BCUT2D eigenvalue weighted by atomic mass is 10.2. The van der Waals surface area contributed by atoms with Gasteiger partial charge in [0.25, 0.3) is 0 Å². The van der Waals surface area contributed by atoms with Crippen molar-refractivity contribution in [2.45, 2.75) is 22.8 Å². The number of hydrogen-bond donors (Lipinski definition) is 2. The van der Waals surface area contributed by atoms with Crippen molar-refractivity contribution in [2.24, 2.45) is 16.0 Å². The van der Waals surface area contributed by atoms with Gasteiger partial charge < -0.3 is 10.2 Å². The molecule has 1 aliphatic rings. The Morgan fingerprint density at radius 3 is 2.69 bits per heavy atom. The fraction of sp³-hybridized carbons (Fsp3) is 0.350. The largest absolute Gasteiger partial charge is 0.352 e. The molecule has 0 bridgehead atoms. The summed E-state index contributed by atoms with van der Waals surface area (Å²) in [6.07, 6.45) is 1.14. The molecule has 2 aromatic carbocycles. The topological polar surface area (TPSA) is 87.8 Å². The minimum absolute atomic E-state index is 0. The van der Waals surface area contributed by atoms with Gasteiger partial charge in [-0.3, -0.25) is 4.99 Å². The van der Waals surface area contributed by atoms with E-state index in [9.17, 15) is 8.42 Å². The van der Waals surface area contributed by atoms with Crippen LogP contribution in [0.4, 0.5) is 0 Å². The molecule has 158 valence electrons. The monoisotopic (exact) mass is 546 g/mol. The fourth-order valence-electron chi connectivity index (χ4n) is 3.24. The first-order chi connectivity index (χ1) is 13.5. The highest BCUT2D eigenvalue weighted by Gasteiger charge is 2.24. The number of hydrogen-bond acceptors (Lipinski definition) is 4. The van der Waals surface area contributed by atoms with Crippen molar-refractivity contribution in [3.05, 3.63) is 60.2 Å². The molecule has 1 atom stereocenters. The molecule has 1 unspecified atom stereocenters. The maximum atomic E-state index is 11.5. The summed E-state index contributed by atoms with van der Waals surface area (Å²) in [5.41, 5.74) is 0.850. The Balaban J connectivity index is 0.00000300. The number of guanidine groups is 1. The summed E-state index contributed by atoms with van der Waals surface area (Å²) in [6.45, 7) is 2.43. The SMILES string of the molecule is CN=C(NCc1cccc(S(N)(=O)=O)c1)N1CCC(CSc2ccccc2)C1.I. The van der Waals surface area contributed by atoms with E-state index in [0.717, 1.165) is 36.8 Å². The van der Waals surface area contributed by atoms with Crippen molar-refractivity contribution in [2.75, 3.05) is 25.9 Å². The van der Waals surface area contributed by atoms with Crippen LogP contribution in [0.1, 0.15) is 12.0 Å². The van der Waals surface area contributed by atoms with Gasteiger partial charge in [0, 0.05) is 37.3 Å². The maximum absolute atomic E-state index is 11.5. The van der Waals surface area contributed by atoms with Gasteiger partial charge in [-0.2, -0.15) is 0 Å². The summed E-state index contributed by atoms with van der Waals surface area (Å²) < 4.78 is 23.0. The van der Waals surface area contributed by atoms with Gasteiger partial charge in [-0.25, -0.2) is 13.6 Å². The first-order valence-corrected chi connectivity index (χ1v) is 11.7. The summed E-state index contributed by atoms with van der Waals surface area (Å²) in [6, 6.07) is 17.1. The highest BCUT2D eigenvalue weighted by molar-refractivity contribution is 14.0. The van der Waals surface area contributed by atoms with Gasteiger partial charge >= 0.3 is 0 Å². The highest BCUT2D eigenvalue weighted by Crippen LogP contribution is 2.25. The molecule has 0 amide bonds. The van der Waals surface area contributed by atoms with Crippen LogP contribution in [0.15, 0.2) is 69.4 Å². The molecule has 1 saturated heterocycles. The van der Waals surface area contributed by atoms with Gasteiger partial charge in [-0.05, 0) is 42.2 Å². The number of primary sulfonamides is 1. The van der Waals surface area contributed by atoms with Gasteiger partial charge in [0.05, 0.1) is 4.90 Å². The Hall–Kier alpha value is -1.30. The minimum atomic E-state index is -3.69. The van der Waals surface area contributed by atoms with Crippen molar-refractivity contribution in [1.82, 2.24) is 10.2 Å². The van der Waals surface area contributed by atoms with E-state index in [2.05, 4.69) is 39.5 Å². The van der Waals surface area contributed by atoms with E-state index in [0.29, 0.717) is 12.5 Å². The zero-order chi connectivity index (χ0) is 20.0. The zero-order valence-corrected chi connectivity index (χ0v) is 20.3. The van der Waals surface area contributed by atoms with Gasteiger partial charge in [-0.15, -0.1) is 35.7 Å².